The molecule has 82 valence electrons. The fraction of sp³-hybridized carbons (Fsp3) is 0.545. The molecule has 0 radical (unpaired) electrons. The van der Waals surface area contributed by atoms with Crippen LogP contribution in [0.15, 0.2) is 12.1 Å². The minimum atomic E-state index is 0.948. The topological polar surface area (TPSA) is 40.2 Å². The predicted octanol–water partition coefficient (Wildman–Crippen LogP) is 0.841. The van der Waals surface area contributed by atoms with Crippen molar-refractivity contribution in [1.29, 1.82) is 0 Å². The number of rotatable bonds is 2. The number of aromatic nitrogens is 1. The molecule has 1 aromatic rings. The largest absolute Gasteiger partial charge is 0.373 e. The van der Waals surface area contributed by atoms with Gasteiger partial charge in [0.15, 0.2) is 0 Å². The highest BCUT2D eigenvalue weighted by atomic mass is 15.2. The zero-order valence-electron chi connectivity index (χ0n) is 9.38. The van der Waals surface area contributed by atoms with Crippen molar-refractivity contribution in [2.75, 3.05) is 43.4 Å². The number of pyridine rings is 1. The van der Waals surface area contributed by atoms with Gasteiger partial charge in [-0.2, -0.15) is 0 Å². The van der Waals surface area contributed by atoms with E-state index in [1.54, 1.807) is 0 Å². The lowest BCUT2D eigenvalue weighted by Crippen LogP contribution is -2.43. The Labute approximate surface area is 90.7 Å². The van der Waals surface area contributed by atoms with Crippen molar-refractivity contribution in [1.82, 2.24) is 10.3 Å². The first-order valence-corrected chi connectivity index (χ1v) is 5.42. The third kappa shape index (κ3) is 2.39. The van der Waals surface area contributed by atoms with Crippen LogP contribution in [0.5, 0.6) is 0 Å². The summed E-state index contributed by atoms with van der Waals surface area (Å²) >= 11 is 0. The van der Waals surface area contributed by atoms with Crippen molar-refractivity contribution >= 4 is 11.5 Å². The van der Waals surface area contributed by atoms with Gasteiger partial charge in [0.25, 0.3) is 0 Å². The number of anilines is 2. The Morgan fingerprint density at radius 2 is 2.07 bits per heavy atom. The molecule has 1 saturated heterocycles. The highest BCUT2D eigenvalue weighted by molar-refractivity contribution is 5.55. The van der Waals surface area contributed by atoms with Gasteiger partial charge in [0.2, 0.25) is 0 Å². The fourth-order valence-corrected chi connectivity index (χ4v) is 1.88. The summed E-state index contributed by atoms with van der Waals surface area (Å²) in [5, 5.41) is 6.45. The van der Waals surface area contributed by atoms with E-state index in [0.29, 0.717) is 0 Å². The minimum absolute atomic E-state index is 0.948. The minimum Gasteiger partial charge on any atom is -0.373 e. The molecule has 0 saturated carbocycles. The predicted molar refractivity (Wildman–Crippen MR) is 63.6 cm³/mol. The maximum Gasteiger partial charge on any atom is 0.128 e. The lowest BCUT2D eigenvalue weighted by Gasteiger charge is -2.29. The molecule has 0 atom stereocenters. The van der Waals surface area contributed by atoms with E-state index in [2.05, 4.69) is 32.7 Å². The molecule has 2 N–H and O–H groups in total. The Bertz CT molecular complexity index is 331. The molecule has 2 heterocycles. The van der Waals surface area contributed by atoms with E-state index in [-0.39, 0.29) is 0 Å². The SMILES string of the molecule is CNc1cc(N2CCNCC2)cc(C)n1. The third-order valence-electron chi connectivity index (χ3n) is 2.68. The Hall–Kier alpha value is -1.29. The van der Waals surface area contributed by atoms with Crippen LogP contribution in [-0.2, 0) is 0 Å². The average molecular weight is 206 g/mol. The molecule has 4 heteroatoms. The van der Waals surface area contributed by atoms with E-state index in [4.69, 9.17) is 0 Å². The highest BCUT2D eigenvalue weighted by Gasteiger charge is 2.11. The van der Waals surface area contributed by atoms with Crippen LogP contribution in [-0.4, -0.2) is 38.2 Å². The lowest BCUT2D eigenvalue weighted by atomic mass is 10.2. The van der Waals surface area contributed by atoms with Crippen LogP contribution in [0.2, 0.25) is 0 Å². The van der Waals surface area contributed by atoms with Crippen LogP contribution >= 0.6 is 0 Å². The number of nitrogens with one attached hydrogen (secondary N) is 2. The van der Waals surface area contributed by atoms with Gasteiger partial charge in [-0.1, -0.05) is 0 Å². The first-order chi connectivity index (χ1) is 7.29. The van der Waals surface area contributed by atoms with E-state index in [1.165, 1.54) is 5.69 Å². The maximum absolute atomic E-state index is 4.39. The molecule has 15 heavy (non-hydrogen) atoms. The Balaban J connectivity index is 2.22. The van der Waals surface area contributed by atoms with Gasteiger partial charge in [0.1, 0.15) is 5.82 Å². The molecule has 0 amide bonds. The van der Waals surface area contributed by atoms with Gasteiger partial charge in [0.05, 0.1) is 0 Å². The summed E-state index contributed by atoms with van der Waals surface area (Å²) < 4.78 is 0. The molecule has 1 fully saturated rings. The second-order valence-corrected chi connectivity index (χ2v) is 3.84. The zero-order valence-corrected chi connectivity index (χ0v) is 9.38. The summed E-state index contributed by atoms with van der Waals surface area (Å²) in [6, 6.07) is 4.25. The lowest BCUT2D eigenvalue weighted by molar-refractivity contribution is 0.589. The van der Waals surface area contributed by atoms with Crippen molar-refractivity contribution in [3.05, 3.63) is 17.8 Å². The van der Waals surface area contributed by atoms with Crippen molar-refractivity contribution < 1.29 is 0 Å². The summed E-state index contributed by atoms with van der Waals surface area (Å²) in [6.07, 6.45) is 0. The monoisotopic (exact) mass is 206 g/mol. The van der Waals surface area contributed by atoms with Crippen LogP contribution in [0, 0.1) is 6.92 Å². The van der Waals surface area contributed by atoms with Crippen molar-refractivity contribution in [2.24, 2.45) is 0 Å². The van der Waals surface area contributed by atoms with Crippen molar-refractivity contribution in [3.8, 4) is 0 Å². The van der Waals surface area contributed by atoms with Crippen LogP contribution in [0.25, 0.3) is 0 Å². The van der Waals surface area contributed by atoms with Gasteiger partial charge in [-0.25, -0.2) is 4.98 Å². The summed E-state index contributed by atoms with van der Waals surface area (Å²) in [4.78, 5) is 6.79. The van der Waals surface area contributed by atoms with Gasteiger partial charge in [-0.15, -0.1) is 0 Å². The Morgan fingerprint density at radius 3 is 2.73 bits per heavy atom. The Morgan fingerprint density at radius 1 is 1.33 bits per heavy atom. The molecule has 4 nitrogen and oxygen atoms in total. The molecule has 1 aliphatic heterocycles. The zero-order chi connectivity index (χ0) is 10.7. The molecule has 2 rings (SSSR count). The van der Waals surface area contributed by atoms with E-state index in [1.807, 2.05) is 14.0 Å². The molecular formula is C11H18N4. The first kappa shape index (κ1) is 10.2. The number of piperazine rings is 1. The number of hydrogen-bond donors (Lipinski definition) is 2. The molecule has 1 aromatic heterocycles. The maximum atomic E-state index is 4.39. The number of nitrogens with zero attached hydrogens (tertiary/aromatic N) is 2. The molecule has 1 aliphatic rings. The smallest absolute Gasteiger partial charge is 0.128 e. The molecule has 0 bridgehead atoms. The summed E-state index contributed by atoms with van der Waals surface area (Å²) in [6.45, 7) is 6.32. The number of aryl methyl sites for hydroxylation is 1. The molecule has 0 spiro atoms. The molecule has 0 aromatic carbocycles. The summed E-state index contributed by atoms with van der Waals surface area (Å²) in [5.74, 6) is 0.948. The van der Waals surface area contributed by atoms with E-state index in [0.717, 1.165) is 37.7 Å². The molecule has 0 aliphatic carbocycles. The fourth-order valence-electron chi connectivity index (χ4n) is 1.88. The van der Waals surface area contributed by atoms with Crippen LogP contribution < -0.4 is 15.5 Å². The van der Waals surface area contributed by atoms with Gasteiger partial charge in [-0.3, -0.25) is 0 Å². The van der Waals surface area contributed by atoms with Gasteiger partial charge < -0.3 is 15.5 Å². The molecular weight excluding hydrogens is 188 g/mol. The van der Waals surface area contributed by atoms with Crippen LogP contribution in [0.3, 0.4) is 0 Å². The first-order valence-electron chi connectivity index (χ1n) is 5.42. The van der Waals surface area contributed by atoms with Crippen LogP contribution in [0.1, 0.15) is 5.69 Å². The van der Waals surface area contributed by atoms with Crippen molar-refractivity contribution in [2.45, 2.75) is 6.92 Å². The van der Waals surface area contributed by atoms with Gasteiger partial charge in [0, 0.05) is 50.7 Å². The Kier molecular flexibility index (Phi) is 3.06. The quantitative estimate of drug-likeness (QED) is 0.752. The van der Waals surface area contributed by atoms with Crippen LogP contribution in [0.4, 0.5) is 11.5 Å². The highest BCUT2D eigenvalue weighted by Crippen LogP contribution is 2.19. The summed E-state index contributed by atoms with van der Waals surface area (Å²) in [5.41, 5.74) is 2.34. The average Bonchev–Trinajstić information content (AvgIpc) is 2.29. The normalized spacial score (nSPS) is 16.5. The van der Waals surface area contributed by atoms with E-state index >= 15 is 0 Å². The van der Waals surface area contributed by atoms with Crippen molar-refractivity contribution in [3.63, 3.8) is 0 Å². The van der Waals surface area contributed by atoms with Gasteiger partial charge >= 0.3 is 0 Å². The second-order valence-electron chi connectivity index (χ2n) is 3.84. The third-order valence-corrected chi connectivity index (χ3v) is 2.68. The standard InChI is InChI=1S/C11H18N4/c1-9-7-10(8-11(12-2)14-9)15-5-3-13-4-6-15/h7-8,13H,3-6H2,1-2H3,(H,12,14). The second kappa shape index (κ2) is 4.49. The number of hydrogen-bond acceptors (Lipinski definition) is 4. The summed E-state index contributed by atoms with van der Waals surface area (Å²) in [7, 11) is 1.91. The van der Waals surface area contributed by atoms with E-state index < -0.39 is 0 Å². The molecule has 0 unspecified atom stereocenters. The van der Waals surface area contributed by atoms with Gasteiger partial charge in [-0.05, 0) is 13.0 Å². The van der Waals surface area contributed by atoms with E-state index in [9.17, 15) is 0 Å².